The van der Waals surface area contributed by atoms with Crippen molar-refractivity contribution in [3.63, 3.8) is 0 Å². The number of ether oxygens (including phenoxy) is 1. The van der Waals surface area contributed by atoms with Crippen LogP contribution in [0.3, 0.4) is 0 Å². The maximum atomic E-state index is 11.6. The zero-order chi connectivity index (χ0) is 15.0. The molecule has 0 aliphatic heterocycles. The van der Waals surface area contributed by atoms with Gasteiger partial charge in [0.05, 0.1) is 7.11 Å². The Morgan fingerprint density at radius 1 is 1.32 bits per heavy atom. The molecule has 0 bridgehead atoms. The Morgan fingerprint density at radius 2 is 1.89 bits per heavy atom. The van der Waals surface area contributed by atoms with Gasteiger partial charge in [0.1, 0.15) is 12.1 Å². The van der Waals surface area contributed by atoms with Crippen LogP contribution in [-0.2, 0) is 19.1 Å². The van der Waals surface area contributed by atoms with Gasteiger partial charge in [0.25, 0.3) is 0 Å². The van der Waals surface area contributed by atoms with Gasteiger partial charge in [-0.25, -0.2) is 0 Å². The van der Waals surface area contributed by atoms with Gasteiger partial charge in [0.2, 0.25) is 11.8 Å². The van der Waals surface area contributed by atoms with E-state index in [0.29, 0.717) is 0 Å². The normalized spacial score (nSPS) is 13.7. The number of amides is 2. The average molecular weight is 274 g/mol. The van der Waals surface area contributed by atoms with Gasteiger partial charge in [-0.15, -0.1) is 0 Å². The molecule has 0 aliphatic rings. The minimum atomic E-state index is -1.19. The summed E-state index contributed by atoms with van der Waals surface area (Å²) in [5.74, 6) is -1.78. The van der Waals surface area contributed by atoms with E-state index in [4.69, 9.17) is 5.73 Å². The van der Waals surface area contributed by atoms with Gasteiger partial charge in [-0.3, -0.25) is 14.4 Å². The Balaban J connectivity index is 4.37. The number of carbonyl (C=O) groups excluding carboxylic acids is 3. The Hall–Kier alpha value is -1.63. The quantitative estimate of drug-likeness (QED) is 0.506. The smallest absolute Gasteiger partial charge is 0.305 e. The molecule has 0 heterocycles. The van der Waals surface area contributed by atoms with Gasteiger partial charge in [0.15, 0.2) is 0 Å². The van der Waals surface area contributed by atoms with Crippen molar-refractivity contribution in [2.24, 2.45) is 11.7 Å². The molecular formula is C12H22N2O5. The Kier molecular flexibility index (Phi) is 7.74. The first-order valence-electron chi connectivity index (χ1n) is 6.12. The highest BCUT2D eigenvalue weighted by Crippen LogP contribution is 2.06. The monoisotopic (exact) mass is 274 g/mol. The van der Waals surface area contributed by atoms with Crippen molar-refractivity contribution in [3.8, 4) is 0 Å². The number of esters is 1. The van der Waals surface area contributed by atoms with Crippen LogP contribution in [0.1, 0.15) is 33.1 Å². The lowest BCUT2D eigenvalue weighted by molar-refractivity contribution is -0.141. The Labute approximate surface area is 112 Å². The largest absolute Gasteiger partial charge is 0.469 e. The molecule has 0 aromatic heterocycles. The molecule has 0 saturated carbocycles. The van der Waals surface area contributed by atoms with E-state index in [9.17, 15) is 19.5 Å². The molecule has 2 amide bonds. The van der Waals surface area contributed by atoms with E-state index >= 15 is 0 Å². The number of hydrogen-bond donors (Lipinski definition) is 3. The number of carbonyl (C=O) groups is 3. The van der Waals surface area contributed by atoms with Crippen LogP contribution in [0.2, 0.25) is 0 Å². The third-order valence-electron chi connectivity index (χ3n) is 2.52. The first-order valence-corrected chi connectivity index (χ1v) is 6.12. The lowest BCUT2D eigenvalue weighted by atomic mass is 10.0. The van der Waals surface area contributed by atoms with Gasteiger partial charge in [0, 0.05) is 6.42 Å². The highest BCUT2D eigenvalue weighted by molar-refractivity contribution is 5.88. The number of primary amides is 1. The molecule has 0 radical (unpaired) electrons. The summed E-state index contributed by atoms with van der Waals surface area (Å²) in [5, 5.41) is 11.9. The molecule has 7 heteroatoms. The molecule has 4 N–H and O–H groups in total. The van der Waals surface area contributed by atoms with E-state index in [-0.39, 0.29) is 25.2 Å². The van der Waals surface area contributed by atoms with Gasteiger partial charge < -0.3 is 20.9 Å². The minimum absolute atomic E-state index is 0.0370. The fraction of sp³-hybridized carbons (Fsp3) is 0.750. The third kappa shape index (κ3) is 7.40. The zero-order valence-electron chi connectivity index (χ0n) is 11.5. The minimum Gasteiger partial charge on any atom is -0.469 e. The van der Waals surface area contributed by atoms with Gasteiger partial charge in [-0.05, 0) is 18.8 Å². The van der Waals surface area contributed by atoms with Crippen LogP contribution in [0.15, 0.2) is 0 Å². The molecule has 7 nitrogen and oxygen atoms in total. The first-order chi connectivity index (χ1) is 8.77. The summed E-state index contributed by atoms with van der Waals surface area (Å²) < 4.78 is 4.43. The van der Waals surface area contributed by atoms with Crippen molar-refractivity contribution in [1.82, 2.24) is 5.32 Å². The second kappa shape index (κ2) is 8.47. The maximum Gasteiger partial charge on any atom is 0.305 e. The number of aliphatic hydroxyl groups excluding tert-OH is 1. The second-order valence-corrected chi connectivity index (χ2v) is 4.72. The van der Waals surface area contributed by atoms with E-state index in [2.05, 4.69) is 10.1 Å². The van der Waals surface area contributed by atoms with Crippen LogP contribution < -0.4 is 11.1 Å². The number of nitrogens with two attached hydrogens (primary N) is 1. The van der Waals surface area contributed by atoms with Crippen molar-refractivity contribution in [2.45, 2.75) is 45.3 Å². The molecule has 0 spiro atoms. The average Bonchev–Trinajstić information content (AvgIpc) is 2.32. The topological polar surface area (TPSA) is 119 Å². The first kappa shape index (κ1) is 17.4. The van der Waals surface area contributed by atoms with Crippen molar-refractivity contribution in [3.05, 3.63) is 0 Å². The van der Waals surface area contributed by atoms with Crippen LogP contribution >= 0.6 is 0 Å². The number of rotatable bonds is 8. The number of methoxy groups -OCH3 is 1. The number of hydrogen-bond acceptors (Lipinski definition) is 5. The molecule has 0 unspecified atom stereocenters. The van der Waals surface area contributed by atoms with Crippen LogP contribution in [0.5, 0.6) is 0 Å². The summed E-state index contributed by atoms with van der Waals surface area (Å²) in [6, 6.07) is -0.992. The van der Waals surface area contributed by atoms with Gasteiger partial charge in [-0.2, -0.15) is 0 Å². The SMILES string of the molecule is COC(=O)CC[C@H](NC(=O)[C@H](O)CC(C)C)C(N)=O. The van der Waals surface area contributed by atoms with Crippen molar-refractivity contribution in [2.75, 3.05) is 7.11 Å². The summed E-state index contributed by atoms with van der Waals surface area (Å²) in [6.07, 6.45) is -0.902. The Morgan fingerprint density at radius 3 is 2.32 bits per heavy atom. The van der Waals surface area contributed by atoms with Crippen molar-refractivity contribution < 1.29 is 24.2 Å². The Bertz CT molecular complexity index is 330. The van der Waals surface area contributed by atoms with Crippen LogP contribution in [-0.4, -0.2) is 42.1 Å². The van der Waals surface area contributed by atoms with Gasteiger partial charge >= 0.3 is 5.97 Å². The van der Waals surface area contributed by atoms with E-state index in [1.54, 1.807) is 0 Å². The molecule has 0 aromatic carbocycles. The molecule has 0 aromatic rings. The summed E-state index contributed by atoms with van der Waals surface area (Å²) in [6.45, 7) is 3.72. The fourth-order valence-electron chi connectivity index (χ4n) is 1.47. The maximum absolute atomic E-state index is 11.6. The predicted molar refractivity (Wildman–Crippen MR) is 67.8 cm³/mol. The number of nitrogens with one attached hydrogen (secondary N) is 1. The highest BCUT2D eigenvalue weighted by atomic mass is 16.5. The van der Waals surface area contributed by atoms with E-state index in [1.165, 1.54) is 7.11 Å². The molecule has 0 saturated heterocycles. The van der Waals surface area contributed by atoms with Crippen LogP contribution in [0.25, 0.3) is 0 Å². The molecule has 110 valence electrons. The third-order valence-corrected chi connectivity index (χ3v) is 2.52. The van der Waals surface area contributed by atoms with Crippen molar-refractivity contribution >= 4 is 17.8 Å². The second-order valence-electron chi connectivity index (χ2n) is 4.72. The predicted octanol–water partition coefficient (Wildman–Crippen LogP) is -0.683. The molecule has 2 atom stereocenters. The number of aliphatic hydroxyl groups is 1. The lowest BCUT2D eigenvalue weighted by Crippen LogP contribution is -2.48. The summed E-state index contributed by atoms with van der Waals surface area (Å²) in [4.78, 5) is 33.7. The lowest BCUT2D eigenvalue weighted by Gasteiger charge is -2.18. The summed E-state index contributed by atoms with van der Waals surface area (Å²) in [7, 11) is 1.23. The van der Waals surface area contributed by atoms with Crippen molar-refractivity contribution in [1.29, 1.82) is 0 Å². The van der Waals surface area contributed by atoms with E-state index in [1.807, 2.05) is 13.8 Å². The van der Waals surface area contributed by atoms with Crippen LogP contribution in [0, 0.1) is 5.92 Å². The molecule has 19 heavy (non-hydrogen) atoms. The van der Waals surface area contributed by atoms with Gasteiger partial charge in [-0.1, -0.05) is 13.8 Å². The summed E-state index contributed by atoms with van der Waals surface area (Å²) >= 11 is 0. The molecule has 0 aliphatic carbocycles. The fourth-order valence-corrected chi connectivity index (χ4v) is 1.47. The molecule has 0 rings (SSSR count). The summed E-state index contributed by atoms with van der Waals surface area (Å²) in [5.41, 5.74) is 5.13. The van der Waals surface area contributed by atoms with E-state index < -0.39 is 29.9 Å². The van der Waals surface area contributed by atoms with E-state index in [0.717, 1.165) is 0 Å². The standard InChI is InChI=1S/C12H22N2O5/c1-7(2)6-9(15)12(18)14-8(11(13)17)4-5-10(16)19-3/h7-9,15H,4-6H2,1-3H3,(H2,13,17)(H,14,18)/t8-,9+/m0/s1. The molecule has 0 fully saturated rings. The molecular weight excluding hydrogens is 252 g/mol. The zero-order valence-corrected chi connectivity index (χ0v) is 11.5. The highest BCUT2D eigenvalue weighted by Gasteiger charge is 2.23. The van der Waals surface area contributed by atoms with Crippen LogP contribution in [0.4, 0.5) is 0 Å².